The predicted molar refractivity (Wildman–Crippen MR) is 84.9 cm³/mol. The van der Waals surface area contributed by atoms with Crippen molar-refractivity contribution >= 4 is 31.7 Å². The molecule has 0 saturated heterocycles. The van der Waals surface area contributed by atoms with Crippen molar-refractivity contribution in [2.24, 2.45) is 0 Å². The summed E-state index contributed by atoms with van der Waals surface area (Å²) in [5.74, 6) is 0. The van der Waals surface area contributed by atoms with Gasteiger partial charge in [-0.05, 0) is 40.8 Å². The molecule has 21 heavy (non-hydrogen) atoms. The summed E-state index contributed by atoms with van der Waals surface area (Å²) in [5, 5.41) is 3.71. The van der Waals surface area contributed by atoms with E-state index in [0.29, 0.717) is 11.8 Å². The predicted octanol–water partition coefficient (Wildman–Crippen LogP) is 4.11. The highest BCUT2D eigenvalue weighted by atomic mass is 32.2. The second-order valence-corrected chi connectivity index (χ2v) is 6.54. The van der Waals surface area contributed by atoms with Gasteiger partial charge < -0.3 is 0 Å². The molecule has 0 bridgehead atoms. The van der Waals surface area contributed by atoms with Crippen molar-refractivity contribution in [1.82, 2.24) is 0 Å². The zero-order valence-corrected chi connectivity index (χ0v) is 12.6. The van der Waals surface area contributed by atoms with Crippen molar-refractivity contribution < 1.29 is 12.6 Å². The van der Waals surface area contributed by atoms with Crippen LogP contribution >= 0.6 is 0 Å². The minimum absolute atomic E-state index is 0.201. The molecule has 3 rings (SSSR count). The summed E-state index contributed by atoms with van der Waals surface area (Å²) in [4.78, 5) is 0.235. The molecular weight excluding hydrogens is 284 g/mol. The van der Waals surface area contributed by atoms with E-state index in [0.717, 1.165) is 16.2 Å². The number of hydrogen-bond donors (Lipinski definition) is 0. The summed E-state index contributed by atoms with van der Waals surface area (Å²) < 4.78 is 29.7. The van der Waals surface area contributed by atoms with E-state index in [-0.39, 0.29) is 11.5 Å². The molecule has 3 aromatic carbocycles. The summed E-state index contributed by atoms with van der Waals surface area (Å²) in [5.41, 5.74) is 0. The fraction of sp³-hybridized carbons (Fsp3) is 0.176. The van der Waals surface area contributed by atoms with Gasteiger partial charge in [0.2, 0.25) is 0 Å². The molecular formula is C17H16O3S. The third kappa shape index (κ3) is 2.64. The smallest absolute Gasteiger partial charge is 0.266 e. The fourth-order valence-electron chi connectivity index (χ4n) is 2.41. The lowest BCUT2D eigenvalue weighted by Gasteiger charge is -2.09. The van der Waals surface area contributed by atoms with E-state index in [4.69, 9.17) is 4.18 Å². The van der Waals surface area contributed by atoms with Gasteiger partial charge in [0.1, 0.15) is 4.90 Å². The van der Waals surface area contributed by atoms with Crippen LogP contribution in [0.25, 0.3) is 21.5 Å². The number of benzene rings is 3. The first kappa shape index (κ1) is 14.0. The highest BCUT2D eigenvalue weighted by Gasteiger charge is 2.18. The first-order valence-corrected chi connectivity index (χ1v) is 8.33. The third-order valence-corrected chi connectivity index (χ3v) is 4.79. The monoisotopic (exact) mass is 300 g/mol. The molecule has 3 aromatic rings. The molecule has 0 heterocycles. The average molecular weight is 300 g/mol. The van der Waals surface area contributed by atoms with Gasteiger partial charge >= 0.3 is 0 Å². The second kappa shape index (κ2) is 5.47. The largest absolute Gasteiger partial charge is 0.297 e. The normalized spacial score (nSPS) is 12.0. The van der Waals surface area contributed by atoms with Crippen molar-refractivity contribution in [2.45, 2.75) is 18.2 Å². The Morgan fingerprint density at radius 2 is 1.57 bits per heavy atom. The molecule has 0 atom stereocenters. The molecule has 0 saturated carbocycles. The lowest BCUT2D eigenvalue weighted by Crippen LogP contribution is -2.07. The highest BCUT2D eigenvalue weighted by molar-refractivity contribution is 7.87. The minimum Gasteiger partial charge on any atom is -0.266 e. The maximum absolute atomic E-state index is 12.3. The van der Waals surface area contributed by atoms with Gasteiger partial charge in [0.15, 0.2) is 0 Å². The molecule has 3 nitrogen and oxygen atoms in total. The van der Waals surface area contributed by atoms with Gasteiger partial charge in [0.05, 0.1) is 6.61 Å². The van der Waals surface area contributed by atoms with Gasteiger partial charge in [0, 0.05) is 5.39 Å². The quantitative estimate of drug-likeness (QED) is 0.538. The average Bonchev–Trinajstić information content (AvgIpc) is 2.50. The Balaban J connectivity index is 2.26. The van der Waals surface area contributed by atoms with Crippen LogP contribution in [0.5, 0.6) is 0 Å². The lowest BCUT2D eigenvalue weighted by molar-refractivity contribution is 0.318. The van der Waals surface area contributed by atoms with E-state index in [9.17, 15) is 8.42 Å². The van der Waals surface area contributed by atoms with E-state index in [1.54, 1.807) is 12.1 Å². The van der Waals surface area contributed by atoms with Crippen molar-refractivity contribution in [1.29, 1.82) is 0 Å². The van der Waals surface area contributed by atoms with Crippen LogP contribution in [0.2, 0.25) is 0 Å². The van der Waals surface area contributed by atoms with Gasteiger partial charge in [-0.1, -0.05) is 43.3 Å². The molecule has 108 valence electrons. The summed E-state index contributed by atoms with van der Waals surface area (Å²) >= 11 is 0. The van der Waals surface area contributed by atoms with E-state index >= 15 is 0 Å². The number of hydrogen-bond acceptors (Lipinski definition) is 3. The second-order valence-electron chi connectivity index (χ2n) is 4.95. The van der Waals surface area contributed by atoms with E-state index < -0.39 is 10.1 Å². The topological polar surface area (TPSA) is 43.4 Å². The van der Waals surface area contributed by atoms with E-state index in [1.807, 2.05) is 49.4 Å². The Labute approximate surface area is 124 Å². The van der Waals surface area contributed by atoms with Crippen LogP contribution in [0.3, 0.4) is 0 Å². The van der Waals surface area contributed by atoms with Crippen LogP contribution in [-0.4, -0.2) is 15.0 Å². The Morgan fingerprint density at radius 1 is 0.905 bits per heavy atom. The van der Waals surface area contributed by atoms with Gasteiger partial charge in [-0.2, -0.15) is 8.42 Å². The molecule has 0 aliphatic heterocycles. The van der Waals surface area contributed by atoms with Gasteiger partial charge in [0.25, 0.3) is 10.1 Å². The standard InChI is InChI=1S/C17H16O3S/c1-2-10-20-21(18,19)17-9-5-8-15-11-13-6-3-4-7-14(13)12-16(15)17/h3-9,11-12H,2,10H2,1H3. The number of rotatable bonds is 4. The summed E-state index contributed by atoms with van der Waals surface area (Å²) in [6.07, 6.45) is 0.660. The molecule has 0 aliphatic carbocycles. The summed E-state index contributed by atoms with van der Waals surface area (Å²) in [6, 6.07) is 17.1. The first-order chi connectivity index (χ1) is 10.1. The van der Waals surface area contributed by atoms with Crippen LogP contribution < -0.4 is 0 Å². The molecule has 0 unspecified atom stereocenters. The van der Waals surface area contributed by atoms with E-state index in [1.165, 1.54) is 0 Å². The van der Waals surface area contributed by atoms with Crippen LogP contribution in [-0.2, 0) is 14.3 Å². The molecule has 4 heteroatoms. The zero-order valence-electron chi connectivity index (χ0n) is 11.7. The maximum Gasteiger partial charge on any atom is 0.297 e. The maximum atomic E-state index is 12.3. The van der Waals surface area contributed by atoms with Gasteiger partial charge in [-0.3, -0.25) is 4.18 Å². The van der Waals surface area contributed by atoms with Crippen molar-refractivity contribution in [3.8, 4) is 0 Å². The fourth-order valence-corrected chi connectivity index (χ4v) is 3.62. The van der Waals surface area contributed by atoms with Gasteiger partial charge in [-0.25, -0.2) is 0 Å². The van der Waals surface area contributed by atoms with Crippen molar-refractivity contribution in [2.75, 3.05) is 6.61 Å². The first-order valence-electron chi connectivity index (χ1n) is 6.93. The molecule has 0 spiro atoms. The van der Waals surface area contributed by atoms with Gasteiger partial charge in [-0.15, -0.1) is 0 Å². The lowest BCUT2D eigenvalue weighted by atomic mass is 10.0. The molecule has 0 aromatic heterocycles. The molecule has 0 radical (unpaired) electrons. The Morgan fingerprint density at radius 3 is 2.29 bits per heavy atom. The Kier molecular flexibility index (Phi) is 3.66. The van der Waals surface area contributed by atoms with E-state index in [2.05, 4.69) is 0 Å². The highest BCUT2D eigenvalue weighted by Crippen LogP contribution is 2.28. The summed E-state index contributed by atoms with van der Waals surface area (Å²) in [7, 11) is -3.72. The Hall–Kier alpha value is -1.91. The third-order valence-electron chi connectivity index (χ3n) is 3.42. The van der Waals surface area contributed by atoms with Crippen LogP contribution in [0, 0.1) is 0 Å². The SMILES string of the molecule is CCCOS(=O)(=O)c1cccc2cc3ccccc3cc12. The molecule has 0 amide bonds. The van der Waals surface area contributed by atoms with Crippen LogP contribution in [0.15, 0.2) is 59.5 Å². The number of fused-ring (bicyclic) bond motifs is 2. The molecule has 0 fully saturated rings. The van der Waals surface area contributed by atoms with Crippen LogP contribution in [0.1, 0.15) is 13.3 Å². The Bertz CT molecular complexity index is 898. The summed E-state index contributed by atoms with van der Waals surface area (Å²) in [6.45, 7) is 2.08. The van der Waals surface area contributed by atoms with Crippen LogP contribution in [0.4, 0.5) is 0 Å². The minimum atomic E-state index is -3.72. The molecule has 0 N–H and O–H groups in total. The molecule has 0 aliphatic rings. The van der Waals surface area contributed by atoms with Crippen molar-refractivity contribution in [3.05, 3.63) is 54.6 Å². The van der Waals surface area contributed by atoms with Crippen molar-refractivity contribution in [3.63, 3.8) is 0 Å². The zero-order chi connectivity index (χ0) is 14.9.